The number of benzene rings is 1. The van der Waals surface area contributed by atoms with Crippen LogP contribution >= 0.6 is 0 Å². The highest BCUT2D eigenvalue weighted by Gasteiger charge is 2.34. The SMILES string of the molecule is CC1=CC(CNS(=O)(=O)c2ccccc2)C(C(C)C)CC1CC(=O)N1CCOCC1. The zero-order valence-electron chi connectivity index (χ0n) is 18.2. The van der Waals surface area contributed by atoms with Crippen LogP contribution in [0.2, 0.25) is 0 Å². The maximum absolute atomic E-state index is 12.7. The van der Waals surface area contributed by atoms with Gasteiger partial charge in [-0.2, -0.15) is 0 Å². The molecule has 1 amide bonds. The third-order valence-electron chi connectivity index (χ3n) is 6.43. The van der Waals surface area contributed by atoms with Crippen molar-refractivity contribution in [2.24, 2.45) is 23.7 Å². The van der Waals surface area contributed by atoms with Crippen LogP contribution in [0.25, 0.3) is 0 Å². The monoisotopic (exact) mass is 434 g/mol. The van der Waals surface area contributed by atoms with Crippen LogP contribution in [0, 0.1) is 23.7 Å². The van der Waals surface area contributed by atoms with Crippen molar-refractivity contribution in [2.75, 3.05) is 32.8 Å². The fourth-order valence-corrected chi connectivity index (χ4v) is 5.64. The molecule has 1 heterocycles. The van der Waals surface area contributed by atoms with Crippen LogP contribution in [0.15, 0.2) is 46.9 Å². The molecule has 30 heavy (non-hydrogen) atoms. The number of amides is 1. The molecule has 1 aliphatic heterocycles. The second-order valence-electron chi connectivity index (χ2n) is 8.78. The van der Waals surface area contributed by atoms with Gasteiger partial charge >= 0.3 is 0 Å². The van der Waals surface area contributed by atoms with Crippen molar-refractivity contribution in [2.45, 2.75) is 38.5 Å². The van der Waals surface area contributed by atoms with E-state index in [1.54, 1.807) is 30.3 Å². The summed E-state index contributed by atoms with van der Waals surface area (Å²) in [6.45, 7) is 9.38. The Bertz CT molecular complexity index is 845. The van der Waals surface area contributed by atoms with Gasteiger partial charge in [-0.3, -0.25) is 4.79 Å². The molecule has 6 nitrogen and oxygen atoms in total. The molecule has 166 valence electrons. The molecule has 3 rings (SSSR count). The minimum atomic E-state index is -3.53. The number of carbonyl (C=O) groups is 1. The summed E-state index contributed by atoms with van der Waals surface area (Å²) < 4.78 is 33.4. The lowest BCUT2D eigenvalue weighted by Crippen LogP contribution is -2.42. The first kappa shape index (κ1) is 23.0. The second-order valence-corrected chi connectivity index (χ2v) is 10.5. The summed E-state index contributed by atoms with van der Waals surface area (Å²) in [5, 5.41) is 0. The molecule has 3 atom stereocenters. The lowest BCUT2D eigenvalue weighted by Gasteiger charge is -2.38. The Hall–Kier alpha value is -1.70. The van der Waals surface area contributed by atoms with E-state index in [-0.39, 0.29) is 22.6 Å². The summed E-state index contributed by atoms with van der Waals surface area (Å²) in [7, 11) is -3.53. The first-order chi connectivity index (χ1) is 14.3. The van der Waals surface area contributed by atoms with Crippen LogP contribution in [0.3, 0.4) is 0 Å². The lowest BCUT2D eigenvalue weighted by molar-refractivity contribution is -0.136. The normalized spacial score (nSPS) is 25.3. The zero-order chi connectivity index (χ0) is 21.7. The molecule has 1 N–H and O–H groups in total. The zero-order valence-corrected chi connectivity index (χ0v) is 19.0. The Kier molecular flexibility index (Phi) is 7.71. The molecule has 1 fully saturated rings. The molecule has 1 aromatic rings. The fraction of sp³-hybridized carbons (Fsp3) is 0.609. The first-order valence-electron chi connectivity index (χ1n) is 10.9. The van der Waals surface area contributed by atoms with Crippen molar-refractivity contribution in [3.05, 3.63) is 42.0 Å². The fourth-order valence-electron chi connectivity index (χ4n) is 4.55. The summed E-state index contributed by atoms with van der Waals surface area (Å²) in [5.74, 6) is 1.27. The van der Waals surface area contributed by atoms with Crippen LogP contribution in [0.1, 0.15) is 33.6 Å². The van der Waals surface area contributed by atoms with E-state index in [1.165, 1.54) is 5.57 Å². The van der Waals surface area contributed by atoms with Crippen LogP contribution in [-0.4, -0.2) is 52.1 Å². The predicted octanol–water partition coefficient (Wildman–Crippen LogP) is 3.07. The van der Waals surface area contributed by atoms with Gasteiger partial charge in [0.2, 0.25) is 15.9 Å². The number of morpholine rings is 1. The number of allylic oxidation sites excluding steroid dienone is 1. The van der Waals surface area contributed by atoms with Crippen molar-refractivity contribution in [3.63, 3.8) is 0 Å². The van der Waals surface area contributed by atoms with Crippen molar-refractivity contribution in [1.29, 1.82) is 0 Å². The Morgan fingerprint density at radius 3 is 2.50 bits per heavy atom. The molecule has 1 aromatic carbocycles. The highest BCUT2D eigenvalue weighted by Crippen LogP contribution is 2.39. The number of sulfonamides is 1. The van der Waals surface area contributed by atoms with E-state index in [4.69, 9.17) is 4.74 Å². The van der Waals surface area contributed by atoms with E-state index >= 15 is 0 Å². The van der Waals surface area contributed by atoms with Crippen molar-refractivity contribution in [1.82, 2.24) is 9.62 Å². The van der Waals surface area contributed by atoms with Gasteiger partial charge in [-0.25, -0.2) is 13.1 Å². The number of nitrogens with one attached hydrogen (secondary N) is 1. The highest BCUT2D eigenvalue weighted by atomic mass is 32.2. The van der Waals surface area contributed by atoms with Crippen molar-refractivity contribution < 1.29 is 17.9 Å². The number of hydrogen-bond donors (Lipinski definition) is 1. The Morgan fingerprint density at radius 2 is 1.87 bits per heavy atom. The van der Waals surface area contributed by atoms with Gasteiger partial charge in [-0.05, 0) is 49.1 Å². The van der Waals surface area contributed by atoms with Gasteiger partial charge in [-0.15, -0.1) is 0 Å². The Labute approximate surface area is 180 Å². The van der Waals surface area contributed by atoms with E-state index in [2.05, 4.69) is 31.6 Å². The standard InChI is InChI=1S/C23H34N2O4S/c1-17(2)22-14-19(15-23(26)25-9-11-29-12-10-25)18(3)13-20(22)16-24-30(27,28)21-7-5-4-6-8-21/h4-8,13,17,19-20,22,24H,9-12,14-16H2,1-3H3. The molecule has 0 aromatic heterocycles. The minimum absolute atomic E-state index is 0.123. The van der Waals surface area contributed by atoms with E-state index in [1.807, 2.05) is 4.90 Å². The summed E-state index contributed by atoms with van der Waals surface area (Å²) >= 11 is 0. The summed E-state index contributed by atoms with van der Waals surface area (Å²) in [6.07, 6.45) is 3.63. The minimum Gasteiger partial charge on any atom is -0.378 e. The number of ether oxygens (including phenoxy) is 1. The first-order valence-corrected chi connectivity index (χ1v) is 12.3. The molecular formula is C23H34N2O4S. The molecule has 7 heteroatoms. The van der Waals surface area contributed by atoms with E-state index in [9.17, 15) is 13.2 Å². The lowest BCUT2D eigenvalue weighted by atomic mass is 9.70. The van der Waals surface area contributed by atoms with E-state index in [0.717, 1.165) is 6.42 Å². The number of hydrogen-bond acceptors (Lipinski definition) is 4. The molecule has 3 unspecified atom stereocenters. The summed E-state index contributed by atoms with van der Waals surface area (Å²) in [4.78, 5) is 14.9. The second kappa shape index (κ2) is 10.1. The topological polar surface area (TPSA) is 75.7 Å². The van der Waals surface area contributed by atoms with Crippen molar-refractivity contribution in [3.8, 4) is 0 Å². The van der Waals surface area contributed by atoms with Gasteiger partial charge in [-0.1, -0.05) is 43.7 Å². The predicted molar refractivity (Wildman–Crippen MR) is 117 cm³/mol. The maximum atomic E-state index is 12.7. The van der Waals surface area contributed by atoms with Gasteiger partial charge in [0.25, 0.3) is 0 Å². The summed E-state index contributed by atoms with van der Waals surface area (Å²) in [6, 6.07) is 8.48. The molecule has 2 aliphatic rings. The quantitative estimate of drug-likeness (QED) is 0.669. The third-order valence-corrected chi connectivity index (χ3v) is 7.87. The summed E-state index contributed by atoms with van der Waals surface area (Å²) in [5.41, 5.74) is 1.19. The van der Waals surface area contributed by atoms with Crippen molar-refractivity contribution >= 4 is 15.9 Å². The Balaban J connectivity index is 1.67. The molecule has 1 saturated heterocycles. The average Bonchev–Trinajstić information content (AvgIpc) is 2.74. The molecule has 0 spiro atoms. The maximum Gasteiger partial charge on any atom is 0.240 e. The number of rotatable bonds is 7. The number of carbonyl (C=O) groups excluding carboxylic acids is 1. The van der Waals surface area contributed by atoms with Gasteiger partial charge < -0.3 is 9.64 Å². The smallest absolute Gasteiger partial charge is 0.240 e. The van der Waals surface area contributed by atoms with Gasteiger partial charge in [0.05, 0.1) is 18.1 Å². The van der Waals surface area contributed by atoms with Gasteiger partial charge in [0.15, 0.2) is 0 Å². The van der Waals surface area contributed by atoms with Gasteiger partial charge in [0, 0.05) is 26.1 Å². The van der Waals surface area contributed by atoms with E-state index < -0.39 is 10.0 Å². The average molecular weight is 435 g/mol. The van der Waals surface area contributed by atoms with Crippen LogP contribution in [0.4, 0.5) is 0 Å². The molecule has 0 radical (unpaired) electrons. The van der Waals surface area contributed by atoms with Crippen LogP contribution < -0.4 is 4.72 Å². The highest BCUT2D eigenvalue weighted by molar-refractivity contribution is 7.89. The largest absolute Gasteiger partial charge is 0.378 e. The van der Waals surface area contributed by atoms with Crippen LogP contribution in [-0.2, 0) is 19.6 Å². The Morgan fingerprint density at radius 1 is 1.20 bits per heavy atom. The molecule has 1 aliphatic carbocycles. The molecular weight excluding hydrogens is 400 g/mol. The molecule has 0 saturated carbocycles. The molecule has 0 bridgehead atoms. The third kappa shape index (κ3) is 5.71. The number of nitrogens with zero attached hydrogens (tertiary/aromatic N) is 1. The van der Waals surface area contributed by atoms with E-state index in [0.29, 0.717) is 51.1 Å². The van der Waals surface area contributed by atoms with Crippen LogP contribution in [0.5, 0.6) is 0 Å². The van der Waals surface area contributed by atoms with Gasteiger partial charge in [0.1, 0.15) is 0 Å².